The number of alkyl halides is 1. The van der Waals surface area contributed by atoms with E-state index in [1.807, 2.05) is 6.92 Å². The van der Waals surface area contributed by atoms with Crippen LogP contribution in [-0.4, -0.2) is 21.5 Å². The van der Waals surface area contributed by atoms with E-state index >= 15 is 0 Å². The number of hydrogen-bond acceptors (Lipinski definition) is 3. The van der Waals surface area contributed by atoms with E-state index in [1.165, 1.54) is 12.8 Å². The van der Waals surface area contributed by atoms with Crippen LogP contribution in [0.1, 0.15) is 19.8 Å². The fourth-order valence-corrected chi connectivity index (χ4v) is 1.97. The van der Waals surface area contributed by atoms with E-state index in [0.29, 0.717) is 24.8 Å². The molecule has 0 saturated heterocycles. The Bertz CT molecular complexity index is 414. The number of anilines is 1. The number of aryl methyl sites for hydroxylation is 1. The van der Waals surface area contributed by atoms with Crippen molar-refractivity contribution >= 4 is 17.4 Å². The van der Waals surface area contributed by atoms with Gasteiger partial charge in [-0.2, -0.15) is 0 Å². The number of hydrogen-bond donors (Lipinski definition) is 1. The Hall–Kier alpha value is -1.03. The average molecular weight is 242 g/mol. The van der Waals surface area contributed by atoms with Gasteiger partial charge in [0.2, 0.25) is 0 Å². The van der Waals surface area contributed by atoms with E-state index in [4.69, 9.17) is 11.6 Å². The summed E-state index contributed by atoms with van der Waals surface area (Å²) in [6, 6.07) is 0. The van der Waals surface area contributed by atoms with Gasteiger partial charge in [0.05, 0.1) is 5.38 Å². The first-order valence-electron chi connectivity index (χ1n) is 5.65. The molecule has 1 aliphatic carbocycles. The van der Waals surface area contributed by atoms with Crippen molar-refractivity contribution in [1.29, 1.82) is 0 Å². The number of nitrogens with one attached hydrogen (secondary N) is 1. The maximum atomic E-state index is 11.8. The summed E-state index contributed by atoms with van der Waals surface area (Å²) in [5.41, 5.74) is -0.0790. The number of halogens is 1. The second-order valence-corrected chi connectivity index (χ2v) is 4.66. The molecule has 1 aromatic heterocycles. The zero-order valence-corrected chi connectivity index (χ0v) is 10.1. The highest BCUT2D eigenvalue weighted by Crippen LogP contribution is 2.35. The van der Waals surface area contributed by atoms with E-state index < -0.39 is 0 Å². The van der Waals surface area contributed by atoms with Gasteiger partial charge >= 0.3 is 0 Å². The molecule has 1 atom stereocenters. The molecule has 1 aromatic rings. The first-order chi connectivity index (χ1) is 7.72. The molecule has 5 heteroatoms. The van der Waals surface area contributed by atoms with Crippen LogP contribution in [0, 0.1) is 5.92 Å². The summed E-state index contributed by atoms with van der Waals surface area (Å²) in [5.74, 6) is 1.02. The number of nitrogens with zero attached hydrogens (tertiary/aromatic N) is 2. The third-order valence-corrected chi connectivity index (χ3v) is 3.36. The van der Waals surface area contributed by atoms with Gasteiger partial charge in [-0.25, -0.2) is 4.98 Å². The molecule has 0 bridgehead atoms. The molecule has 1 fully saturated rings. The van der Waals surface area contributed by atoms with Crippen molar-refractivity contribution in [2.24, 2.45) is 5.92 Å². The predicted molar refractivity (Wildman–Crippen MR) is 65.0 cm³/mol. The van der Waals surface area contributed by atoms with Crippen LogP contribution < -0.4 is 10.9 Å². The molecule has 0 aromatic carbocycles. The van der Waals surface area contributed by atoms with Gasteiger partial charge in [0.25, 0.3) is 5.56 Å². The van der Waals surface area contributed by atoms with Crippen LogP contribution in [0.3, 0.4) is 0 Å². The second-order valence-electron chi connectivity index (χ2n) is 4.10. The highest BCUT2D eigenvalue weighted by Gasteiger charge is 2.29. The molecular formula is C11H16ClN3O. The summed E-state index contributed by atoms with van der Waals surface area (Å²) in [6.07, 6.45) is 5.73. The molecule has 0 radical (unpaired) electrons. The molecule has 1 saturated carbocycles. The fraction of sp³-hybridized carbons (Fsp3) is 0.636. The first kappa shape index (κ1) is 11.5. The molecular weight excluding hydrogens is 226 g/mol. The fourth-order valence-electron chi connectivity index (χ4n) is 1.64. The molecule has 1 N–H and O–H groups in total. The number of rotatable bonds is 5. The molecule has 0 amide bonds. The topological polar surface area (TPSA) is 46.9 Å². The Labute approximate surface area is 99.6 Å². The maximum Gasteiger partial charge on any atom is 0.293 e. The van der Waals surface area contributed by atoms with Gasteiger partial charge in [-0.05, 0) is 25.7 Å². The quantitative estimate of drug-likeness (QED) is 0.799. The lowest BCUT2D eigenvalue weighted by atomic mass is 10.3. The summed E-state index contributed by atoms with van der Waals surface area (Å²) in [7, 11) is 0. The normalized spacial score (nSPS) is 17.1. The molecule has 0 spiro atoms. The van der Waals surface area contributed by atoms with E-state index in [1.54, 1.807) is 17.0 Å². The standard InChI is InChI=1S/C11H16ClN3O/c1-2-15-6-5-13-10(11(15)16)14-7-9(12)8-3-4-8/h5-6,8-9H,2-4,7H2,1H3,(H,13,14). The SMILES string of the molecule is CCn1ccnc(NCC(Cl)C2CC2)c1=O. The predicted octanol–water partition coefficient (Wildman–Crippen LogP) is 1.69. The van der Waals surface area contributed by atoms with Gasteiger partial charge in [-0.1, -0.05) is 0 Å². The van der Waals surface area contributed by atoms with Gasteiger partial charge in [-0.15, -0.1) is 11.6 Å². The minimum atomic E-state index is -0.0790. The highest BCUT2D eigenvalue weighted by molar-refractivity contribution is 6.21. The number of aromatic nitrogens is 2. The average Bonchev–Trinajstić information content (AvgIpc) is 3.11. The van der Waals surface area contributed by atoms with Crippen molar-refractivity contribution in [3.8, 4) is 0 Å². The van der Waals surface area contributed by atoms with Crippen LogP contribution in [-0.2, 0) is 6.54 Å². The zero-order chi connectivity index (χ0) is 11.5. The van der Waals surface area contributed by atoms with Gasteiger partial charge in [0, 0.05) is 25.5 Å². The van der Waals surface area contributed by atoms with E-state index in [0.717, 1.165) is 0 Å². The summed E-state index contributed by atoms with van der Waals surface area (Å²) in [6.45, 7) is 3.20. The van der Waals surface area contributed by atoms with E-state index in [9.17, 15) is 4.79 Å². The van der Waals surface area contributed by atoms with Crippen molar-refractivity contribution in [2.75, 3.05) is 11.9 Å². The Kier molecular flexibility index (Phi) is 3.49. The Morgan fingerprint density at radius 3 is 3.06 bits per heavy atom. The molecule has 1 heterocycles. The second kappa shape index (κ2) is 4.87. The van der Waals surface area contributed by atoms with Crippen LogP contribution >= 0.6 is 11.6 Å². The lowest BCUT2D eigenvalue weighted by molar-refractivity contribution is 0.713. The Morgan fingerprint density at radius 1 is 1.69 bits per heavy atom. The van der Waals surface area contributed by atoms with Crippen molar-refractivity contribution in [2.45, 2.75) is 31.7 Å². The van der Waals surface area contributed by atoms with Crippen molar-refractivity contribution in [1.82, 2.24) is 9.55 Å². The third-order valence-electron chi connectivity index (χ3n) is 2.85. The monoisotopic (exact) mass is 241 g/mol. The van der Waals surface area contributed by atoms with Crippen LogP contribution in [0.15, 0.2) is 17.2 Å². The van der Waals surface area contributed by atoms with Gasteiger partial charge in [0.1, 0.15) is 0 Å². The van der Waals surface area contributed by atoms with Crippen molar-refractivity contribution in [3.05, 3.63) is 22.7 Å². The molecule has 1 aliphatic rings. The summed E-state index contributed by atoms with van der Waals surface area (Å²) >= 11 is 6.16. The van der Waals surface area contributed by atoms with Crippen LogP contribution in [0.4, 0.5) is 5.82 Å². The van der Waals surface area contributed by atoms with Gasteiger partial charge < -0.3 is 9.88 Å². The smallest absolute Gasteiger partial charge is 0.293 e. The van der Waals surface area contributed by atoms with Crippen molar-refractivity contribution in [3.63, 3.8) is 0 Å². The van der Waals surface area contributed by atoms with Gasteiger partial charge in [-0.3, -0.25) is 4.79 Å². The summed E-state index contributed by atoms with van der Waals surface area (Å²) < 4.78 is 1.62. The largest absolute Gasteiger partial charge is 0.364 e. The molecule has 88 valence electrons. The minimum Gasteiger partial charge on any atom is -0.364 e. The van der Waals surface area contributed by atoms with Crippen LogP contribution in [0.2, 0.25) is 0 Å². The Morgan fingerprint density at radius 2 is 2.44 bits per heavy atom. The summed E-state index contributed by atoms with van der Waals surface area (Å²) in [5, 5.41) is 3.14. The van der Waals surface area contributed by atoms with Gasteiger partial charge in [0.15, 0.2) is 5.82 Å². The van der Waals surface area contributed by atoms with Crippen LogP contribution in [0.5, 0.6) is 0 Å². The van der Waals surface area contributed by atoms with Crippen molar-refractivity contribution < 1.29 is 0 Å². The van der Waals surface area contributed by atoms with E-state index in [-0.39, 0.29) is 10.9 Å². The molecule has 2 rings (SSSR count). The maximum absolute atomic E-state index is 11.8. The zero-order valence-electron chi connectivity index (χ0n) is 9.32. The van der Waals surface area contributed by atoms with E-state index in [2.05, 4.69) is 10.3 Å². The highest BCUT2D eigenvalue weighted by atomic mass is 35.5. The summed E-state index contributed by atoms with van der Waals surface area (Å²) in [4.78, 5) is 15.8. The third kappa shape index (κ3) is 2.55. The Balaban J connectivity index is 2.00. The lowest BCUT2D eigenvalue weighted by Gasteiger charge is -2.10. The molecule has 1 unspecified atom stereocenters. The molecule has 4 nitrogen and oxygen atoms in total. The minimum absolute atomic E-state index is 0.0790. The lowest BCUT2D eigenvalue weighted by Crippen LogP contribution is -2.26. The molecule has 16 heavy (non-hydrogen) atoms. The van der Waals surface area contributed by atoms with Crippen LogP contribution in [0.25, 0.3) is 0 Å². The molecule has 0 aliphatic heterocycles. The first-order valence-corrected chi connectivity index (χ1v) is 6.09.